The fourth-order valence-electron chi connectivity index (χ4n) is 5.08. The van der Waals surface area contributed by atoms with E-state index in [4.69, 9.17) is 14.2 Å². The highest BCUT2D eigenvalue weighted by Gasteiger charge is 2.17. The molecular weight excluding hydrogens is 577 g/mol. The average Bonchev–Trinajstić information content (AvgIpc) is 3.56. The van der Waals surface area contributed by atoms with Gasteiger partial charge in [0.05, 0.1) is 31.1 Å². The summed E-state index contributed by atoms with van der Waals surface area (Å²) in [7, 11) is 3.72. The smallest absolute Gasteiger partial charge is 0.277 e. The van der Waals surface area contributed by atoms with Crippen molar-refractivity contribution < 1.29 is 23.4 Å². The highest BCUT2D eigenvalue weighted by Crippen LogP contribution is 2.38. The number of anilines is 1. The maximum Gasteiger partial charge on any atom is 0.277 e. The summed E-state index contributed by atoms with van der Waals surface area (Å²) in [4.78, 5) is 22.0. The lowest BCUT2D eigenvalue weighted by atomic mass is 10.1. The molecule has 5 aromatic rings. The van der Waals surface area contributed by atoms with Crippen molar-refractivity contribution in [2.45, 2.75) is 6.42 Å². The van der Waals surface area contributed by atoms with Crippen molar-refractivity contribution in [2.24, 2.45) is 0 Å². The van der Waals surface area contributed by atoms with E-state index in [0.29, 0.717) is 34.8 Å². The number of carbonyl (C=O) groups excluding carboxylic acids is 1. The second-order valence-electron chi connectivity index (χ2n) is 10.8. The van der Waals surface area contributed by atoms with Crippen LogP contribution in [0, 0.1) is 5.82 Å². The summed E-state index contributed by atoms with van der Waals surface area (Å²) in [5.74, 6) is 0.324. The van der Waals surface area contributed by atoms with Crippen LogP contribution >= 0.6 is 0 Å². The second kappa shape index (κ2) is 13.7. The number of aromatic nitrogens is 4. The Morgan fingerprint density at radius 3 is 2.56 bits per heavy atom. The fourth-order valence-corrected chi connectivity index (χ4v) is 5.08. The molecule has 6 rings (SSSR count). The largest absolute Gasteiger partial charge is 0.493 e. The minimum Gasteiger partial charge on any atom is -0.493 e. The highest BCUT2D eigenvalue weighted by atomic mass is 19.1. The van der Waals surface area contributed by atoms with Crippen LogP contribution in [0.5, 0.6) is 23.0 Å². The number of rotatable bonds is 11. The molecule has 12 heteroatoms. The zero-order valence-corrected chi connectivity index (χ0v) is 25.1. The average molecular weight is 612 g/mol. The van der Waals surface area contributed by atoms with E-state index in [1.54, 1.807) is 37.6 Å². The Kier molecular flexibility index (Phi) is 9.13. The van der Waals surface area contributed by atoms with Gasteiger partial charge in [0.2, 0.25) is 0 Å². The molecule has 1 aliphatic heterocycles. The van der Waals surface area contributed by atoms with Crippen LogP contribution < -0.4 is 19.5 Å². The molecule has 1 saturated heterocycles. The lowest BCUT2D eigenvalue weighted by Gasteiger charge is -2.32. The first-order valence-corrected chi connectivity index (χ1v) is 14.7. The number of amides is 1. The zero-order valence-electron chi connectivity index (χ0n) is 25.1. The van der Waals surface area contributed by atoms with Crippen molar-refractivity contribution in [3.8, 4) is 28.7 Å². The lowest BCUT2D eigenvalue weighted by Crippen LogP contribution is -2.44. The van der Waals surface area contributed by atoms with Crippen LogP contribution in [-0.4, -0.2) is 89.2 Å². The summed E-state index contributed by atoms with van der Waals surface area (Å²) in [5, 5.41) is 11.2. The molecule has 0 saturated carbocycles. The molecule has 11 nitrogen and oxygen atoms in total. The lowest BCUT2D eigenvalue weighted by molar-refractivity contribution is 0.102. The molecule has 1 fully saturated rings. The summed E-state index contributed by atoms with van der Waals surface area (Å²) in [6, 6.07) is 18.7. The van der Waals surface area contributed by atoms with Gasteiger partial charge in [0.15, 0.2) is 28.8 Å². The quantitative estimate of drug-likeness (QED) is 0.206. The van der Waals surface area contributed by atoms with Gasteiger partial charge in [-0.2, -0.15) is 0 Å². The topological polar surface area (TPSA) is 107 Å². The van der Waals surface area contributed by atoms with Gasteiger partial charge >= 0.3 is 0 Å². The van der Waals surface area contributed by atoms with Crippen molar-refractivity contribution >= 4 is 22.5 Å². The first-order valence-electron chi connectivity index (χ1n) is 14.7. The molecule has 0 bridgehead atoms. The van der Waals surface area contributed by atoms with Crippen molar-refractivity contribution in [2.75, 3.05) is 58.8 Å². The molecule has 0 aliphatic carbocycles. The van der Waals surface area contributed by atoms with Crippen LogP contribution in [0.15, 0.2) is 79.1 Å². The molecule has 0 spiro atoms. The molecule has 0 radical (unpaired) electrons. The third kappa shape index (κ3) is 7.19. The maximum absolute atomic E-state index is 15.2. The van der Waals surface area contributed by atoms with E-state index in [0.717, 1.165) is 44.8 Å². The van der Waals surface area contributed by atoms with E-state index in [2.05, 4.69) is 37.5 Å². The summed E-state index contributed by atoms with van der Waals surface area (Å²) in [5.41, 5.74) is 1.72. The van der Waals surface area contributed by atoms with Crippen LogP contribution in [-0.2, 0) is 0 Å². The predicted molar refractivity (Wildman–Crippen MR) is 168 cm³/mol. The first kappa shape index (κ1) is 30.0. The Morgan fingerprint density at radius 2 is 1.78 bits per heavy atom. The van der Waals surface area contributed by atoms with Gasteiger partial charge < -0.3 is 29.3 Å². The molecule has 1 N–H and O–H groups in total. The Balaban J connectivity index is 1.10. The molecule has 45 heavy (non-hydrogen) atoms. The minimum atomic E-state index is -0.655. The molecule has 1 aliphatic rings. The van der Waals surface area contributed by atoms with Gasteiger partial charge in [0.1, 0.15) is 5.75 Å². The van der Waals surface area contributed by atoms with E-state index in [9.17, 15) is 4.79 Å². The number of piperazine rings is 1. The number of benzene rings is 3. The molecule has 0 atom stereocenters. The zero-order chi connectivity index (χ0) is 31.2. The summed E-state index contributed by atoms with van der Waals surface area (Å²) < 4.78 is 34.3. The van der Waals surface area contributed by atoms with Crippen LogP contribution in [0.25, 0.3) is 16.6 Å². The van der Waals surface area contributed by atoms with Gasteiger partial charge in [-0.3, -0.25) is 9.78 Å². The van der Waals surface area contributed by atoms with Crippen LogP contribution in [0.3, 0.4) is 0 Å². The third-order valence-corrected chi connectivity index (χ3v) is 7.62. The van der Waals surface area contributed by atoms with Gasteiger partial charge in [-0.25, -0.2) is 9.07 Å². The molecular formula is C33H34FN7O4. The Bertz CT molecular complexity index is 1770. The normalized spacial score (nSPS) is 13.9. The molecule has 232 valence electrons. The Morgan fingerprint density at radius 1 is 0.956 bits per heavy atom. The number of carbonyl (C=O) groups is 1. The summed E-state index contributed by atoms with van der Waals surface area (Å²) in [6.45, 7) is 5.83. The van der Waals surface area contributed by atoms with Crippen molar-refractivity contribution in [1.29, 1.82) is 0 Å². The number of nitrogens with one attached hydrogen (secondary N) is 1. The number of hydrogen-bond acceptors (Lipinski definition) is 9. The van der Waals surface area contributed by atoms with Gasteiger partial charge in [0.25, 0.3) is 5.91 Å². The van der Waals surface area contributed by atoms with Crippen molar-refractivity contribution in [3.63, 3.8) is 0 Å². The van der Waals surface area contributed by atoms with Crippen LogP contribution in [0.2, 0.25) is 0 Å². The standard InChI is InChI=1S/C33H34FN7O4/c1-39-14-16-40(17-15-39)13-6-18-44-32-21-27-25(20-31(32)43-2)29(11-12-35-27)45-30-10-9-23(19-26(30)34)36-33(42)28-22-41(38-37-28)24-7-4-3-5-8-24/h3-5,7-12,19-22H,6,13-18H2,1-2H3,(H,36,42). The number of para-hydroxylation sites is 1. The van der Waals surface area contributed by atoms with E-state index >= 15 is 4.39 Å². The molecule has 0 unspecified atom stereocenters. The molecule has 3 aromatic carbocycles. The summed E-state index contributed by atoms with van der Waals surface area (Å²) in [6.07, 6.45) is 3.99. The van der Waals surface area contributed by atoms with Crippen LogP contribution in [0.1, 0.15) is 16.9 Å². The van der Waals surface area contributed by atoms with Gasteiger partial charge in [-0.15, -0.1) is 5.10 Å². The number of methoxy groups -OCH3 is 1. The Labute approximate surface area is 260 Å². The number of hydrogen-bond donors (Lipinski definition) is 1. The Hall–Kier alpha value is -5.07. The molecule has 2 aromatic heterocycles. The number of ether oxygens (including phenoxy) is 3. The van der Waals surface area contributed by atoms with Gasteiger partial charge in [-0.1, -0.05) is 23.4 Å². The number of pyridine rings is 1. The minimum absolute atomic E-state index is 0.0151. The number of halogens is 1. The first-order chi connectivity index (χ1) is 22.0. The monoisotopic (exact) mass is 611 g/mol. The van der Waals surface area contributed by atoms with Crippen molar-refractivity contribution in [1.82, 2.24) is 29.8 Å². The maximum atomic E-state index is 15.2. The predicted octanol–water partition coefficient (Wildman–Crippen LogP) is 5.02. The number of likely N-dealkylation sites (N-methyl/N-ethyl adjacent to an activating group) is 1. The van der Waals surface area contributed by atoms with E-state index in [1.807, 2.05) is 30.3 Å². The molecule has 1 amide bonds. The number of nitrogens with zero attached hydrogens (tertiary/aromatic N) is 6. The van der Waals surface area contributed by atoms with Crippen LogP contribution in [0.4, 0.5) is 10.1 Å². The fraction of sp³-hybridized carbons (Fsp3) is 0.273. The van der Waals surface area contributed by atoms with Crippen molar-refractivity contribution in [3.05, 3.63) is 90.6 Å². The van der Waals surface area contributed by atoms with E-state index in [1.165, 1.54) is 23.0 Å². The second-order valence-corrected chi connectivity index (χ2v) is 10.8. The van der Waals surface area contributed by atoms with E-state index in [-0.39, 0.29) is 17.1 Å². The SMILES string of the molecule is COc1cc2c(Oc3ccc(NC(=O)c4cn(-c5ccccc5)nn4)cc3F)ccnc2cc1OCCCN1CCN(C)CC1. The van der Waals surface area contributed by atoms with E-state index < -0.39 is 11.7 Å². The van der Waals surface area contributed by atoms with Gasteiger partial charge in [-0.05, 0) is 49.9 Å². The highest BCUT2D eigenvalue weighted by molar-refractivity contribution is 6.02. The number of fused-ring (bicyclic) bond motifs is 1. The summed E-state index contributed by atoms with van der Waals surface area (Å²) >= 11 is 0. The molecule has 3 heterocycles. The third-order valence-electron chi connectivity index (χ3n) is 7.62. The van der Waals surface area contributed by atoms with Gasteiger partial charge in [0, 0.05) is 62.1 Å².